The number of alkyl halides is 3. The fourth-order valence-corrected chi connectivity index (χ4v) is 4.81. The molecule has 13 heteroatoms. The van der Waals surface area contributed by atoms with Crippen LogP contribution in [0.5, 0.6) is 11.5 Å². The average Bonchev–Trinajstić information content (AvgIpc) is 3.15. The molecule has 0 bridgehead atoms. The van der Waals surface area contributed by atoms with Crippen LogP contribution >= 0.6 is 0 Å². The number of rotatable bonds is 8. The standard InChI is InChI=1S/C22H17F3N2O4.C19H24N2O2/c23-22(24,25)16-26(20(28)30-18-12-6-2-7-13-18)27(17-10-4-1-5-11-17)21(29)31-19-14-8-3-9-15-19;1-15-11-13-17(14-12-15)20(4)21(5)18(22)23-19(2,3)16-9-7-6-8-10-16/h1-15H,16H2;6-14H,1-5H3. The summed E-state index contributed by atoms with van der Waals surface area (Å²) in [5.74, 6) is 0.112. The monoisotopic (exact) mass is 742 g/mol. The lowest BCUT2D eigenvalue weighted by molar-refractivity contribution is -0.141. The minimum absolute atomic E-state index is 0.0160. The molecule has 0 aliphatic carbocycles. The van der Waals surface area contributed by atoms with Crippen LogP contribution in [0.25, 0.3) is 0 Å². The van der Waals surface area contributed by atoms with E-state index in [9.17, 15) is 27.6 Å². The molecule has 0 heterocycles. The Hall–Kier alpha value is -6.50. The van der Waals surface area contributed by atoms with Crippen molar-refractivity contribution in [3.63, 3.8) is 0 Å². The molecule has 0 N–H and O–H groups in total. The molecule has 0 spiro atoms. The van der Waals surface area contributed by atoms with E-state index in [2.05, 4.69) is 0 Å². The van der Waals surface area contributed by atoms with Gasteiger partial charge in [-0.1, -0.05) is 103 Å². The number of para-hydroxylation sites is 3. The molecule has 0 radical (unpaired) electrons. The Morgan fingerprint density at radius 2 is 1.02 bits per heavy atom. The lowest BCUT2D eigenvalue weighted by Crippen LogP contribution is -2.55. The van der Waals surface area contributed by atoms with E-state index in [1.807, 2.05) is 82.4 Å². The van der Waals surface area contributed by atoms with Crippen molar-refractivity contribution in [2.75, 3.05) is 30.7 Å². The van der Waals surface area contributed by atoms with Gasteiger partial charge in [0.15, 0.2) is 0 Å². The van der Waals surface area contributed by atoms with Crippen LogP contribution in [0.2, 0.25) is 0 Å². The number of hydrogen-bond donors (Lipinski definition) is 0. The number of benzene rings is 5. The van der Waals surface area contributed by atoms with Crippen molar-refractivity contribution in [2.45, 2.75) is 32.5 Å². The zero-order chi connectivity index (χ0) is 39.3. The first-order valence-corrected chi connectivity index (χ1v) is 16.7. The summed E-state index contributed by atoms with van der Waals surface area (Å²) in [6, 6.07) is 40.4. The summed E-state index contributed by atoms with van der Waals surface area (Å²) in [5.41, 5.74) is 2.35. The summed E-state index contributed by atoms with van der Waals surface area (Å²) in [7, 11) is 3.53. The highest BCUT2D eigenvalue weighted by Crippen LogP contribution is 2.27. The van der Waals surface area contributed by atoms with Gasteiger partial charge in [-0.25, -0.2) is 19.4 Å². The summed E-state index contributed by atoms with van der Waals surface area (Å²) in [5, 5.41) is 3.87. The van der Waals surface area contributed by atoms with Crippen molar-refractivity contribution in [3.05, 3.63) is 157 Å². The second kappa shape index (κ2) is 18.3. The zero-order valence-electron chi connectivity index (χ0n) is 30.4. The minimum Gasteiger partial charge on any atom is -0.437 e. The SMILES string of the molecule is Cc1ccc(N(C)N(C)C(=O)OC(C)(C)c2ccccc2)cc1.O=C(Oc1ccccc1)N(CC(F)(F)F)N(C(=O)Oc1ccccc1)c1ccccc1. The highest BCUT2D eigenvalue weighted by Gasteiger charge is 2.40. The second-order valence-electron chi connectivity index (χ2n) is 12.3. The molecule has 3 amide bonds. The first-order chi connectivity index (χ1) is 25.6. The Morgan fingerprint density at radius 3 is 1.50 bits per heavy atom. The topological polar surface area (TPSA) is 91.9 Å². The van der Waals surface area contributed by atoms with Gasteiger partial charge in [0.2, 0.25) is 0 Å². The molecule has 54 heavy (non-hydrogen) atoms. The number of nitrogens with zero attached hydrogens (tertiary/aromatic N) is 4. The van der Waals surface area contributed by atoms with Crippen LogP contribution in [-0.4, -0.2) is 55.1 Å². The van der Waals surface area contributed by atoms with Crippen molar-refractivity contribution in [1.29, 1.82) is 0 Å². The van der Waals surface area contributed by atoms with Crippen molar-refractivity contribution in [3.8, 4) is 11.5 Å². The van der Waals surface area contributed by atoms with Crippen LogP contribution in [0.1, 0.15) is 25.0 Å². The van der Waals surface area contributed by atoms with Gasteiger partial charge in [0.25, 0.3) is 0 Å². The number of carbonyl (C=O) groups excluding carboxylic acids is 3. The molecule has 5 aromatic carbocycles. The highest BCUT2D eigenvalue weighted by atomic mass is 19.4. The number of hydrogen-bond acceptors (Lipinski definition) is 7. The van der Waals surface area contributed by atoms with E-state index in [4.69, 9.17) is 14.2 Å². The van der Waals surface area contributed by atoms with Gasteiger partial charge in [-0.05, 0) is 74.9 Å². The molecule has 10 nitrogen and oxygen atoms in total. The van der Waals surface area contributed by atoms with E-state index in [-0.39, 0.29) is 22.2 Å². The summed E-state index contributed by atoms with van der Waals surface area (Å²) in [6.07, 6.45) is -7.85. The van der Waals surface area contributed by atoms with Gasteiger partial charge in [0.05, 0.1) is 11.4 Å². The smallest absolute Gasteiger partial charge is 0.437 e. The first-order valence-electron chi connectivity index (χ1n) is 16.7. The maximum Gasteiger partial charge on any atom is 0.439 e. The molecular formula is C41H41F3N4O6. The fraction of sp³-hybridized carbons (Fsp3) is 0.195. The zero-order valence-corrected chi connectivity index (χ0v) is 30.4. The number of hydrazine groups is 2. The van der Waals surface area contributed by atoms with Crippen LogP contribution in [0.4, 0.5) is 38.9 Å². The third kappa shape index (κ3) is 11.8. The quantitative estimate of drug-likeness (QED) is 0.146. The predicted octanol–water partition coefficient (Wildman–Crippen LogP) is 10.0. The largest absolute Gasteiger partial charge is 0.439 e. The van der Waals surface area contributed by atoms with Crippen LogP contribution in [0, 0.1) is 6.92 Å². The number of aryl methyl sites for hydroxylation is 1. The van der Waals surface area contributed by atoms with Gasteiger partial charge >= 0.3 is 24.5 Å². The Labute approximate surface area is 312 Å². The molecule has 0 aliphatic rings. The van der Waals surface area contributed by atoms with Gasteiger partial charge in [-0.2, -0.15) is 23.2 Å². The Balaban J connectivity index is 0.000000252. The van der Waals surface area contributed by atoms with Crippen molar-refractivity contribution in [2.24, 2.45) is 0 Å². The van der Waals surface area contributed by atoms with E-state index in [1.54, 1.807) is 54.5 Å². The molecule has 0 atom stereocenters. The number of anilines is 2. The second-order valence-corrected chi connectivity index (χ2v) is 12.3. The van der Waals surface area contributed by atoms with Crippen molar-refractivity contribution in [1.82, 2.24) is 10.0 Å². The van der Waals surface area contributed by atoms with E-state index in [0.717, 1.165) is 11.3 Å². The van der Waals surface area contributed by atoms with Crippen LogP contribution < -0.4 is 19.5 Å². The molecule has 282 valence electrons. The van der Waals surface area contributed by atoms with Crippen molar-refractivity contribution >= 4 is 29.7 Å². The normalized spacial score (nSPS) is 10.9. The maximum atomic E-state index is 13.3. The van der Waals surface area contributed by atoms with Gasteiger partial charge in [0.1, 0.15) is 23.6 Å². The van der Waals surface area contributed by atoms with Crippen LogP contribution in [0.15, 0.2) is 146 Å². The summed E-state index contributed by atoms with van der Waals surface area (Å²) in [4.78, 5) is 38.1. The average molecular weight is 743 g/mol. The highest BCUT2D eigenvalue weighted by molar-refractivity contribution is 5.92. The van der Waals surface area contributed by atoms with Gasteiger partial charge in [-0.15, -0.1) is 0 Å². The third-order valence-electron chi connectivity index (χ3n) is 7.78. The van der Waals surface area contributed by atoms with E-state index >= 15 is 0 Å². The first kappa shape index (κ1) is 40.3. The number of amides is 3. The summed E-state index contributed by atoms with van der Waals surface area (Å²) in [6.45, 7) is 4.03. The van der Waals surface area contributed by atoms with E-state index < -0.39 is 36.6 Å². The molecule has 0 unspecified atom stereocenters. The van der Waals surface area contributed by atoms with Crippen molar-refractivity contribution < 1.29 is 41.8 Å². The number of halogens is 3. The Morgan fingerprint density at radius 1 is 0.574 bits per heavy atom. The molecule has 0 aromatic heterocycles. The molecule has 0 fully saturated rings. The molecule has 0 aliphatic heterocycles. The van der Waals surface area contributed by atoms with Gasteiger partial charge in [0, 0.05) is 14.1 Å². The number of carbonyl (C=O) groups is 3. The fourth-order valence-electron chi connectivity index (χ4n) is 4.81. The van der Waals surface area contributed by atoms with Crippen LogP contribution in [0.3, 0.4) is 0 Å². The maximum absolute atomic E-state index is 13.3. The minimum atomic E-state index is -4.82. The summed E-state index contributed by atoms with van der Waals surface area (Å²) >= 11 is 0. The molecule has 5 rings (SSSR count). The van der Waals surface area contributed by atoms with E-state index in [1.165, 1.54) is 59.1 Å². The molecule has 0 saturated carbocycles. The summed E-state index contributed by atoms with van der Waals surface area (Å²) < 4.78 is 56.0. The Kier molecular flexibility index (Phi) is 13.7. The van der Waals surface area contributed by atoms with Gasteiger partial charge < -0.3 is 14.2 Å². The lowest BCUT2D eigenvalue weighted by atomic mass is 9.98. The lowest BCUT2D eigenvalue weighted by Gasteiger charge is -2.33. The molecule has 5 aromatic rings. The molecular weight excluding hydrogens is 701 g/mol. The third-order valence-corrected chi connectivity index (χ3v) is 7.78. The molecule has 0 saturated heterocycles. The predicted molar refractivity (Wildman–Crippen MR) is 200 cm³/mol. The van der Waals surface area contributed by atoms with Gasteiger partial charge in [-0.3, -0.25) is 5.01 Å². The van der Waals surface area contributed by atoms with E-state index in [0.29, 0.717) is 5.01 Å². The number of ether oxygens (including phenoxy) is 3. The Bertz CT molecular complexity index is 1930. The van der Waals surface area contributed by atoms with Crippen LogP contribution in [-0.2, 0) is 10.3 Å².